The van der Waals surface area contributed by atoms with Crippen LogP contribution in [0.4, 0.5) is 0 Å². The van der Waals surface area contributed by atoms with E-state index in [0.717, 1.165) is 12.1 Å². The Morgan fingerprint density at radius 1 is 0.897 bits per heavy atom. The highest BCUT2D eigenvalue weighted by atomic mass is 35.5. The molecular formula is C24H23Cl3N2. The van der Waals surface area contributed by atoms with E-state index in [4.69, 9.17) is 23.2 Å². The van der Waals surface area contributed by atoms with E-state index in [1.807, 2.05) is 18.2 Å². The Hall–Kier alpha value is -1.97. The van der Waals surface area contributed by atoms with Crippen LogP contribution >= 0.6 is 35.6 Å². The number of hydrogen-bond acceptors (Lipinski definition) is 1. The van der Waals surface area contributed by atoms with E-state index in [1.165, 1.54) is 22.0 Å². The zero-order valence-corrected chi connectivity index (χ0v) is 18.4. The Balaban J connectivity index is 0.00000240. The molecule has 4 rings (SSSR count). The molecule has 1 heterocycles. The van der Waals surface area contributed by atoms with Gasteiger partial charge in [0.25, 0.3) is 0 Å². The summed E-state index contributed by atoms with van der Waals surface area (Å²) in [7, 11) is 0. The second-order valence-corrected chi connectivity index (χ2v) is 7.89. The number of hydrogen-bond donors (Lipinski definition) is 1. The number of aromatic nitrogens is 1. The molecule has 0 fully saturated rings. The number of fused-ring (bicyclic) bond motifs is 1. The van der Waals surface area contributed by atoms with Gasteiger partial charge >= 0.3 is 0 Å². The molecule has 29 heavy (non-hydrogen) atoms. The first kappa shape index (κ1) is 21.7. The van der Waals surface area contributed by atoms with Crippen LogP contribution in [0.25, 0.3) is 10.9 Å². The minimum atomic E-state index is 0. The fourth-order valence-corrected chi connectivity index (χ4v) is 4.02. The zero-order chi connectivity index (χ0) is 19.5. The van der Waals surface area contributed by atoms with E-state index in [-0.39, 0.29) is 18.4 Å². The van der Waals surface area contributed by atoms with Crippen LogP contribution in [-0.4, -0.2) is 4.57 Å². The molecule has 0 aliphatic heterocycles. The van der Waals surface area contributed by atoms with Gasteiger partial charge < -0.3 is 9.88 Å². The minimum Gasteiger partial charge on any atom is -0.343 e. The van der Waals surface area contributed by atoms with Crippen molar-refractivity contribution in [1.82, 2.24) is 9.88 Å². The number of halogens is 3. The van der Waals surface area contributed by atoms with Crippen molar-refractivity contribution in [3.05, 3.63) is 106 Å². The van der Waals surface area contributed by atoms with E-state index in [1.54, 1.807) is 6.07 Å². The summed E-state index contributed by atoms with van der Waals surface area (Å²) in [5, 5.41) is 6.27. The van der Waals surface area contributed by atoms with Gasteiger partial charge in [0.1, 0.15) is 0 Å². The number of para-hydroxylation sites is 1. The molecular weight excluding hydrogens is 423 g/mol. The predicted octanol–water partition coefficient (Wildman–Crippen LogP) is 7.27. The summed E-state index contributed by atoms with van der Waals surface area (Å²) >= 11 is 12.4. The predicted molar refractivity (Wildman–Crippen MR) is 126 cm³/mol. The fraction of sp³-hybridized carbons (Fsp3) is 0.167. The summed E-state index contributed by atoms with van der Waals surface area (Å²) in [5.41, 5.74) is 4.84. The topological polar surface area (TPSA) is 17.0 Å². The summed E-state index contributed by atoms with van der Waals surface area (Å²) in [6.07, 6.45) is 2.22. The van der Waals surface area contributed by atoms with Crippen molar-refractivity contribution >= 4 is 46.5 Å². The number of nitrogens with one attached hydrogen (secondary N) is 1. The highest BCUT2D eigenvalue weighted by molar-refractivity contribution is 6.35. The molecule has 0 aliphatic carbocycles. The van der Waals surface area contributed by atoms with Crippen LogP contribution in [0.5, 0.6) is 0 Å². The summed E-state index contributed by atoms with van der Waals surface area (Å²) in [6, 6.07) is 25.0. The molecule has 0 radical (unpaired) electrons. The van der Waals surface area contributed by atoms with Gasteiger partial charge in [0.15, 0.2) is 0 Å². The van der Waals surface area contributed by atoms with E-state index < -0.39 is 0 Å². The molecule has 1 N–H and O–H groups in total. The van der Waals surface area contributed by atoms with Gasteiger partial charge in [0.2, 0.25) is 0 Å². The first-order chi connectivity index (χ1) is 13.6. The third-order valence-corrected chi connectivity index (χ3v) is 5.71. The molecule has 0 bridgehead atoms. The van der Waals surface area contributed by atoms with Crippen molar-refractivity contribution < 1.29 is 0 Å². The molecule has 0 aliphatic rings. The van der Waals surface area contributed by atoms with E-state index in [0.29, 0.717) is 16.6 Å². The summed E-state index contributed by atoms with van der Waals surface area (Å²) < 4.78 is 2.26. The fourth-order valence-electron chi connectivity index (χ4n) is 3.55. The van der Waals surface area contributed by atoms with Crippen LogP contribution in [-0.2, 0) is 13.1 Å². The lowest BCUT2D eigenvalue weighted by Crippen LogP contribution is -2.17. The zero-order valence-electron chi connectivity index (χ0n) is 16.1. The van der Waals surface area contributed by atoms with Gasteiger partial charge in [-0.2, -0.15) is 0 Å². The number of nitrogens with zero attached hydrogens (tertiary/aromatic N) is 1. The van der Waals surface area contributed by atoms with Gasteiger partial charge in [-0.05, 0) is 41.8 Å². The lowest BCUT2D eigenvalue weighted by Gasteiger charge is -2.13. The second-order valence-electron chi connectivity index (χ2n) is 7.05. The maximum atomic E-state index is 6.40. The van der Waals surface area contributed by atoms with Gasteiger partial charge in [-0.1, -0.05) is 77.8 Å². The van der Waals surface area contributed by atoms with Crippen molar-refractivity contribution in [2.45, 2.75) is 26.1 Å². The molecule has 0 saturated carbocycles. The first-order valence-electron chi connectivity index (χ1n) is 9.41. The lowest BCUT2D eigenvalue weighted by atomic mass is 10.1. The van der Waals surface area contributed by atoms with E-state index in [2.05, 4.69) is 71.5 Å². The van der Waals surface area contributed by atoms with Gasteiger partial charge in [-0.25, -0.2) is 0 Å². The van der Waals surface area contributed by atoms with E-state index >= 15 is 0 Å². The highest BCUT2D eigenvalue weighted by Gasteiger charge is 2.11. The Kier molecular flexibility index (Phi) is 7.26. The maximum absolute atomic E-state index is 6.40. The van der Waals surface area contributed by atoms with Crippen molar-refractivity contribution in [2.24, 2.45) is 0 Å². The van der Waals surface area contributed by atoms with Crippen LogP contribution in [0, 0.1) is 0 Å². The molecule has 0 saturated heterocycles. The molecule has 0 amide bonds. The van der Waals surface area contributed by atoms with Crippen LogP contribution < -0.4 is 5.32 Å². The first-order valence-corrected chi connectivity index (χ1v) is 10.2. The normalized spacial score (nSPS) is 12.0. The Morgan fingerprint density at radius 2 is 1.62 bits per heavy atom. The molecule has 2 nitrogen and oxygen atoms in total. The number of rotatable bonds is 6. The third kappa shape index (κ3) is 4.96. The van der Waals surface area contributed by atoms with Gasteiger partial charge in [0, 0.05) is 46.3 Å². The van der Waals surface area contributed by atoms with Crippen LogP contribution in [0.15, 0.2) is 79.0 Å². The second kappa shape index (κ2) is 9.69. The molecule has 4 aromatic rings. The molecule has 150 valence electrons. The Labute approximate surface area is 187 Å². The van der Waals surface area contributed by atoms with Gasteiger partial charge in [-0.15, -0.1) is 12.4 Å². The average Bonchev–Trinajstić information content (AvgIpc) is 3.07. The minimum absolute atomic E-state index is 0. The van der Waals surface area contributed by atoms with Gasteiger partial charge in [-0.3, -0.25) is 0 Å². The lowest BCUT2D eigenvalue weighted by molar-refractivity contribution is 0.575. The van der Waals surface area contributed by atoms with Crippen LogP contribution in [0.1, 0.15) is 29.7 Å². The van der Waals surface area contributed by atoms with Crippen molar-refractivity contribution in [3.8, 4) is 0 Å². The van der Waals surface area contributed by atoms with E-state index in [9.17, 15) is 0 Å². The standard InChI is InChI=1S/C24H22Cl2N2.ClH/c1-17(18-7-3-2-4-8-18)27-14-20-16-28(24-10-6-5-9-22(20)24)15-19-11-12-21(25)13-23(19)26;/h2-13,16-17,27H,14-15H2,1H3;1H. The summed E-state index contributed by atoms with van der Waals surface area (Å²) in [5.74, 6) is 0. The molecule has 3 aromatic carbocycles. The molecule has 5 heteroatoms. The maximum Gasteiger partial charge on any atom is 0.0491 e. The SMILES string of the molecule is CC(NCc1cn(Cc2ccc(Cl)cc2Cl)c2ccccc12)c1ccccc1.Cl. The Morgan fingerprint density at radius 3 is 2.38 bits per heavy atom. The summed E-state index contributed by atoms with van der Waals surface area (Å²) in [4.78, 5) is 0. The summed E-state index contributed by atoms with van der Waals surface area (Å²) in [6.45, 7) is 3.71. The monoisotopic (exact) mass is 444 g/mol. The van der Waals surface area contributed by atoms with Crippen molar-refractivity contribution in [2.75, 3.05) is 0 Å². The van der Waals surface area contributed by atoms with Crippen LogP contribution in [0.2, 0.25) is 10.0 Å². The number of benzene rings is 3. The third-order valence-electron chi connectivity index (χ3n) is 5.13. The highest BCUT2D eigenvalue weighted by Crippen LogP contribution is 2.26. The van der Waals surface area contributed by atoms with Crippen molar-refractivity contribution in [1.29, 1.82) is 0 Å². The van der Waals surface area contributed by atoms with Gasteiger partial charge in [0.05, 0.1) is 0 Å². The molecule has 1 aromatic heterocycles. The quantitative estimate of drug-likeness (QED) is 0.330. The average molecular weight is 446 g/mol. The van der Waals surface area contributed by atoms with Crippen molar-refractivity contribution in [3.63, 3.8) is 0 Å². The molecule has 1 unspecified atom stereocenters. The smallest absolute Gasteiger partial charge is 0.0491 e. The molecule has 1 atom stereocenters. The largest absolute Gasteiger partial charge is 0.343 e. The molecule has 0 spiro atoms. The Bertz CT molecular complexity index is 1090. The van der Waals surface area contributed by atoms with Crippen LogP contribution in [0.3, 0.4) is 0 Å².